The Morgan fingerprint density at radius 2 is 1.82 bits per heavy atom. The summed E-state index contributed by atoms with van der Waals surface area (Å²) in [5.74, 6) is -0.270. The number of fused-ring (bicyclic) bond motifs is 1. The summed E-state index contributed by atoms with van der Waals surface area (Å²) in [7, 11) is 0. The van der Waals surface area contributed by atoms with E-state index in [1.54, 1.807) is 6.08 Å². The van der Waals surface area contributed by atoms with Gasteiger partial charge in [0.05, 0.1) is 36.1 Å². The minimum atomic E-state index is -0.492. The highest BCUT2D eigenvalue weighted by Crippen LogP contribution is 2.37. The van der Waals surface area contributed by atoms with Gasteiger partial charge in [0.15, 0.2) is 0 Å². The van der Waals surface area contributed by atoms with Gasteiger partial charge in [0.25, 0.3) is 11.1 Å². The predicted molar refractivity (Wildman–Crippen MR) is 155 cm³/mol. The molecule has 2 fully saturated rings. The highest BCUT2D eigenvalue weighted by atomic mass is 32.2. The van der Waals surface area contributed by atoms with Crippen LogP contribution in [0, 0.1) is 0 Å². The van der Waals surface area contributed by atoms with Crippen LogP contribution in [-0.4, -0.2) is 61.4 Å². The normalized spacial score (nSPS) is 16.8. The predicted octanol–water partition coefficient (Wildman–Crippen LogP) is 5.53. The number of carbonyl (C=O) groups is 3. The fourth-order valence-corrected chi connectivity index (χ4v) is 5.46. The smallest absolute Gasteiger partial charge is 0.294 e. The SMILES string of the molecule is CCCCOc1ccc2ccccc2c1/C=C1\SC(=O)N(CC(=O)Nc2ccccc2N2CCOCC2)C1=O. The molecule has 0 atom stereocenters. The molecule has 0 radical (unpaired) electrons. The van der Waals surface area contributed by atoms with Crippen LogP contribution in [0.5, 0.6) is 5.75 Å². The average molecular weight is 546 g/mol. The van der Waals surface area contributed by atoms with Gasteiger partial charge in [-0.3, -0.25) is 19.3 Å². The van der Waals surface area contributed by atoms with E-state index in [9.17, 15) is 14.4 Å². The van der Waals surface area contributed by atoms with Crippen LogP contribution in [0.25, 0.3) is 16.8 Å². The highest BCUT2D eigenvalue weighted by molar-refractivity contribution is 8.18. The van der Waals surface area contributed by atoms with E-state index < -0.39 is 17.1 Å². The number of nitrogens with one attached hydrogen (secondary N) is 1. The van der Waals surface area contributed by atoms with Gasteiger partial charge in [-0.1, -0.05) is 55.8 Å². The van der Waals surface area contributed by atoms with E-state index in [4.69, 9.17) is 9.47 Å². The van der Waals surface area contributed by atoms with Gasteiger partial charge < -0.3 is 19.7 Å². The molecule has 3 aromatic rings. The lowest BCUT2D eigenvalue weighted by Gasteiger charge is -2.30. The van der Waals surface area contributed by atoms with Gasteiger partial charge in [0.1, 0.15) is 12.3 Å². The number of nitrogens with zero attached hydrogens (tertiary/aromatic N) is 2. The van der Waals surface area contributed by atoms with E-state index in [2.05, 4.69) is 17.1 Å². The molecular formula is C30H31N3O5S. The number of anilines is 2. The number of hydrogen-bond acceptors (Lipinski definition) is 7. The number of ether oxygens (including phenoxy) is 2. The standard InChI is InChI=1S/C30H31N3O5S/c1-2-3-16-38-26-13-12-21-8-4-5-9-22(21)23(26)19-27-29(35)33(30(36)39-27)20-28(34)31-24-10-6-7-11-25(24)32-14-17-37-18-15-32/h4-13,19H,2-3,14-18,20H2,1H3,(H,31,34)/b27-19-. The Labute approximate surface area is 231 Å². The fourth-order valence-electron chi connectivity index (χ4n) is 4.64. The summed E-state index contributed by atoms with van der Waals surface area (Å²) in [6, 6.07) is 19.2. The molecule has 2 aliphatic heterocycles. The first-order valence-corrected chi connectivity index (χ1v) is 14.0. The highest BCUT2D eigenvalue weighted by Gasteiger charge is 2.36. The number of amides is 3. The Morgan fingerprint density at radius 1 is 1.05 bits per heavy atom. The number of unbranched alkanes of at least 4 members (excludes halogenated alkanes) is 1. The lowest BCUT2D eigenvalue weighted by Crippen LogP contribution is -2.38. The number of morpholine rings is 1. The summed E-state index contributed by atoms with van der Waals surface area (Å²) in [6.45, 7) is 4.97. The maximum Gasteiger partial charge on any atom is 0.294 e. The zero-order valence-electron chi connectivity index (χ0n) is 21.9. The second kappa shape index (κ2) is 12.4. The fraction of sp³-hybridized carbons (Fsp3) is 0.300. The van der Waals surface area contributed by atoms with Crippen LogP contribution in [0.2, 0.25) is 0 Å². The van der Waals surface area contributed by atoms with Crippen molar-refractivity contribution in [2.45, 2.75) is 19.8 Å². The van der Waals surface area contributed by atoms with Crippen molar-refractivity contribution in [1.29, 1.82) is 0 Å². The molecular weight excluding hydrogens is 514 g/mol. The Morgan fingerprint density at radius 3 is 2.64 bits per heavy atom. The molecule has 2 aliphatic rings. The van der Waals surface area contributed by atoms with Gasteiger partial charge in [0, 0.05) is 18.7 Å². The Hall–Kier alpha value is -3.82. The topological polar surface area (TPSA) is 88.2 Å². The molecule has 0 unspecified atom stereocenters. The molecule has 0 bridgehead atoms. The summed E-state index contributed by atoms with van der Waals surface area (Å²) >= 11 is 0.837. The molecule has 9 heteroatoms. The molecule has 3 aromatic carbocycles. The second-order valence-corrected chi connectivity index (χ2v) is 10.3. The first-order chi connectivity index (χ1) is 19.0. The van der Waals surface area contributed by atoms with E-state index in [1.165, 1.54) is 0 Å². The monoisotopic (exact) mass is 545 g/mol. The van der Waals surface area contributed by atoms with Crippen molar-refractivity contribution in [3.63, 3.8) is 0 Å². The third kappa shape index (κ3) is 6.10. The van der Waals surface area contributed by atoms with E-state index >= 15 is 0 Å². The summed E-state index contributed by atoms with van der Waals surface area (Å²) in [5.41, 5.74) is 2.27. The molecule has 2 saturated heterocycles. The van der Waals surface area contributed by atoms with E-state index in [1.807, 2.05) is 60.7 Å². The lowest BCUT2D eigenvalue weighted by molar-refractivity contribution is -0.127. The second-order valence-electron chi connectivity index (χ2n) is 9.33. The number of imide groups is 1. The number of benzene rings is 3. The Kier molecular flexibility index (Phi) is 8.48. The largest absolute Gasteiger partial charge is 0.493 e. The van der Waals surface area contributed by atoms with Crippen LogP contribution in [-0.2, 0) is 14.3 Å². The van der Waals surface area contributed by atoms with Crippen molar-refractivity contribution in [2.75, 3.05) is 49.7 Å². The molecule has 5 rings (SSSR count). The van der Waals surface area contributed by atoms with Crippen molar-refractivity contribution >= 4 is 57.0 Å². The number of thioether (sulfide) groups is 1. The maximum atomic E-state index is 13.3. The van der Waals surface area contributed by atoms with Gasteiger partial charge in [-0.15, -0.1) is 0 Å². The van der Waals surface area contributed by atoms with Gasteiger partial charge in [-0.25, -0.2) is 0 Å². The van der Waals surface area contributed by atoms with Gasteiger partial charge in [-0.2, -0.15) is 0 Å². The van der Waals surface area contributed by atoms with Crippen LogP contribution in [0.4, 0.5) is 16.2 Å². The van der Waals surface area contributed by atoms with Gasteiger partial charge in [-0.05, 0) is 53.2 Å². The molecule has 39 heavy (non-hydrogen) atoms. The first-order valence-electron chi connectivity index (χ1n) is 13.2. The molecule has 202 valence electrons. The Bertz CT molecular complexity index is 1420. The molecule has 3 amide bonds. The van der Waals surface area contributed by atoms with Crippen LogP contribution >= 0.6 is 11.8 Å². The number of hydrogen-bond donors (Lipinski definition) is 1. The molecule has 8 nitrogen and oxygen atoms in total. The van der Waals surface area contributed by atoms with E-state index in [0.29, 0.717) is 31.3 Å². The third-order valence-corrected chi connectivity index (χ3v) is 7.57. The average Bonchev–Trinajstić information content (AvgIpc) is 3.22. The zero-order valence-corrected chi connectivity index (χ0v) is 22.7. The molecule has 0 aromatic heterocycles. The number of carbonyl (C=O) groups excluding carboxylic acids is 3. The molecule has 0 aliphatic carbocycles. The van der Waals surface area contributed by atoms with Crippen LogP contribution in [0.1, 0.15) is 25.3 Å². The minimum absolute atomic E-state index is 0.262. The molecule has 0 saturated carbocycles. The van der Waals surface area contributed by atoms with Crippen molar-refractivity contribution in [2.24, 2.45) is 0 Å². The lowest BCUT2D eigenvalue weighted by atomic mass is 10.0. The van der Waals surface area contributed by atoms with Crippen molar-refractivity contribution in [3.8, 4) is 5.75 Å². The third-order valence-electron chi connectivity index (χ3n) is 6.67. The van der Waals surface area contributed by atoms with Crippen LogP contribution in [0.15, 0.2) is 65.6 Å². The zero-order chi connectivity index (χ0) is 27.2. The van der Waals surface area contributed by atoms with Gasteiger partial charge >= 0.3 is 0 Å². The van der Waals surface area contributed by atoms with Crippen LogP contribution in [0.3, 0.4) is 0 Å². The molecule has 0 spiro atoms. The number of para-hydroxylation sites is 2. The van der Waals surface area contributed by atoms with E-state index in [-0.39, 0.29) is 11.4 Å². The molecule has 2 heterocycles. The van der Waals surface area contributed by atoms with Crippen molar-refractivity contribution in [1.82, 2.24) is 4.90 Å². The first kappa shape index (κ1) is 26.8. The quantitative estimate of drug-likeness (QED) is 0.279. The maximum absolute atomic E-state index is 13.3. The summed E-state index contributed by atoms with van der Waals surface area (Å²) in [4.78, 5) is 42.5. The van der Waals surface area contributed by atoms with Gasteiger partial charge in [0.2, 0.25) is 5.91 Å². The van der Waals surface area contributed by atoms with Crippen molar-refractivity contribution in [3.05, 3.63) is 71.1 Å². The summed E-state index contributed by atoms with van der Waals surface area (Å²) in [5, 5.41) is 4.34. The summed E-state index contributed by atoms with van der Waals surface area (Å²) in [6.07, 6.45) is 3.62. The minimum Gasteiger partial charge on any atom is -0.493 e. The molecule has 1 N–H and O–H groups in total. The Balaban J connectivity index is 1.34. The number of rotatable bonds is 9. The van der Waals surface area contributed by atoms with Crippen LogP contribution < -0.4 is 15.0 Å². The van der Waals surface area contributed by atoms with E-state index in [0.717, 1.165) is 64.6 Å². The summed E-state index contributed by atoms with van der Waals surface area (Å²) < 4.78 is 11.5. The van der Waals surface area contributed by atoms with Crippen molar-refractivity contribution < 1.29 is 23.9 Å².